The number of hydrogen-bond donors (Lipinski definition) is 3. The monoisotopic (exact) mass is 448 g/mol. The van der Waals surface area contributed by atoms with Gasteiger partial charge >= 0.3 is 0 Å². The Hall–Kier alpha value is -2.07. The summed E-state index contributed by atoms with van der Waals surface area (Å²) in [6, 6.07) is 13.1. The molecule has 0 saturated carbocycles. The van der Waals surface area contributed by atoms with Crippen LogP contribution in [0.25, 0.3) is 21.0 Å². The lowest BCUT2D eigenvalue weighted by Crippen LogP contribution is -2.29. The molecule has 0 bridgehead atoms. The molecule has 3 aromatic rings. The number of hydrogen-bond acceptors (Lipinski definition) is 7. The number of nitrogen functional groups attached to an aromatic ring is 1. The van der Waals surface area contributed by atoms with Gasteiger partial charge in [-0.2, -0.15) is 0 Å². The topological polar surface area (TPSA) is 97.1 Å². The summed E-state index contributed by atoms with van der Waals surface area (Å²) in [4.78, 5) is 6.48. The Kier molecular flexibility index (Phi) is 6.23. The van der Waals surface area contributed by atoms with Gasteiger partial charge in [0.25, 0.3) is 0 Å². The van der Waals surface area contributed by atoms with E-state index in [4.69, 9.17) is 5.73 Å². The molecule has 0 spiro atoms. The summed E-state index contributed by atoms with van der Waals surface area (Å²) >= 11 is 3.05. The van der Waals surface area contributed by atoms with Crippen molar-refractivity contribution in [3.63, 3.8) is 0 Å². The first-order valence-corrected chi connectivity index (χ1v) is 12.4. The Bertz CT molecular complexity index is 1100. The Balaban J connectivity index is 1.97. The lowest BCUT2D eigenvalue weighted by molar-refractivity contribution is 0.535. The van der Waals surface area contributed by atoms with Crippen LogP contribution in [0.5, 0.6) is 0 Å². The van der Waals surface area contributed by atoms with E-state index in [1.807, 2.05) is 42.6 Å². The summed E-state index contributed by atoms with van der Waals surface area (Å²) in [6.07, 6.45) is 2.99. The van der Waals surface area contributed by atoms with Gasteiger partial charge in [0.15, 0.2) is 0 Å². The van der Waals surface area contributed by atoms with Crippen molar-refractivity contribution >= 4 is 44.7 Å². The second-order valence-corrected chi connectivity index (χ2v) is 11.3. The fraction of sp³-hybridized carbons (Fsp3) is 0.250. The van der Waals surface area contributed by atoms with E-state index in [1.54, 1.807) is 17.4 Å². The number of sulfonamides is 1. The van der Waals surface area contributed by atoms with Crippen LogP contribution < -0.4 is 15.2 Å². The van der Waals surface area contributed by atoms with E-state index in [1.165, 1.54) is 11.9 Å². The van der Waals surface area contributed by atoms with Crippen molar-refractivity contribution in [3.05, 3.63) is 48.7 Å². The van der Waals surface area contributed by atoms with Gasteiger partial charge in [0.05, 0.1) is 11.1 Å². The lowest BCUT2D eigenvalue weighted by atomic mass is 10.1. The minimum atomic E-state index is -3.35. The molecular formula is C20H24N4O2S3. The van der Waals surface area contributed by atoms with Crippen molar-refractivity contribution in [1.29, 1.82) is 0 Å². The number of rotatable bonds is 6. The van der Waals surface area contributed by atoms with Gasteiger partial charge in [-0.05, 0) is 69.1 Å². The third-order valence-electron chi connectivity index (χ3n) is 3.68. The number of nitrogens with one attached hydrogen (secondary N) is 2. The fourth-order valence-corrected chi connectivity index (χ4v) is 4.92. The molecule has 1 heterocycles. The van der Waals surface area contributed by atoms with Gasteiger partial charge < -0.3 is 5.73 Å². The number of benzene rings is 2. The van der Waals surface area contributed by atoms with E-state index in [9.17, 15) is 8.42 Å². The SMILES string of the molecule is CC(C)(C)NSc1cc(NS(C)(=O)=O)ccc1-c1cnc(-c2ccc(N)cc2)s1. The molecule has 29 heavy (non-hydrogen) atoms. The molecule has 6 nitrogen and oxygen atoms in total. The molecule has 0 radical (unpaired) electrons. The smallest absolute Gasteiger partial charge is 0.229 e. The third-order valence-corrected chi connectivity index (χ3v) is 6.64. The minimum absolute atomic E-state index is 0.106. The van der Waals surface area contributed by atoms with Crippen LogP contribution in [0, 0.1) is 0 Å². The van der Waals surface area contributed by atoms with Crippen LogP contribution in [0.1, 0.15) is 20.8 Å². The first-order valence-electron chi connectivity index (χ1n) is 8.88. The van der Waals surface area contributed by atoms with Crippen LogP contribution in [0.3, 0.4) is 0 Å². The van der Waals surface area contributed by atoms with Gasteiger partial charge in [-0.3, -0.25) is 9.44 Å². The van der Waals surface area contributed by atoms with Gasteiger partial charge in [-0.1, -0.05) is 6.07 Å². The Morgan fingerprint density at radius 2 is 1.79 bits per heavy atom. The van der Waals surface area contributed by atoms with E-state index in [0.29, 0.717) is 11.4 Å². The highest BCUT2D eigenvalue weighted by molar-refractivity contribution is 7.97. The number of thiazole rings is 1. The quantitative estimate of drug-likeness (QED) is 0.369. The Morgan fingerprint density at radius 3 is 2.41 bits per heavy atom. The van der Waals surface area contributed by atoms with E-state index in [2.05, 4.69) is 35.2 Å². The standard InChI is InChI=1S/C20H24N4O2S3/c1-20(2,3)24-28-17-11-15(23-29(4,25)26)9-10-16(17)18-12-22-19(27-18)13-5-7-14(21)8-6-13/h5-12,23-24H,21H2,1-4H3. The van der Waals surface area contributed by atoms with Crippen molar-refractivity contribution in [3.8, 4) is 21.0 Å². The van der Waals surface area contributed by atoms with Crippen molar-refractivity contribution < 1.29 is 8.42 Å². The fourth-order valence-electron chi connectivity index (χ4n) is 2.45. The van der Waals surface area contributed by atoms with Crippen molar-refractivity contribution in [2.24, 2.45) is 0 Å². The van der Waals surface area contributed by atoms with Crippen LogP contribution in [0.2, 0.25) is 0 Å². The molecule has 0 amide bonds. The lowest BCUT2D eigenvalue weighted by Gasteiger charge is -2.21. The largest absolute Gasteiger partial charge is 0.399 e. The zero-order valence-electron chi connectivity index (χ0n) is 16.7. The molecule has 154 valence electrons. The molecule has 0 saturated heterocycles. The molecule has 3 rings (SSSR count). The molecule has 0 fully saturated rings. The number of anilines is 2. The summed E-state index contributed by atoms with van der Waals surface area (Å²) in [6.45, 7) is 6.22. The van der Waals surface area contributed by atoms with Crippen LogP contribution in [-0.2, 0) is 10.0 Å². The maximum Gasteiger partial charge on any atom is 0.229 e. The second-order valence-electron chi connectivity index (χ2n) is 7.69. The predicted octanol–water partition coefficient (Wildman–Crippen LogP) is 4.83. The summed E-state index contributed by atoms with van der Waals surface area (Å²) in [5.41, 5.74) is 8.90. The second kappa shape index (κ2) is 8.35. The highest BCUT2D eigenvalue weighted by Gasteiger charge is 2.16. The number of nitrogens with two attached hydrogens (primary N) is 1. The molecule has 0 atom stereocenters. The average Bonchev–Trinajstić information content (AvgIpc) is 3.08. The predicted molar refractivity (Wildman–Crippen MR) is 125 cm³/mol. The number of aromatic nitrogens is 1. The zero-order chi connectivity index (χ0) is 21.2. The minimum Gasteiger partial charge on any atom is -0.399 e. The summed E-state index contributed by atoms with van der Waals surface area (Å²) in [5, 5.41) is 0.901. The Morgan fingerprint density at radius 1 is 1.10 bits per heavy atom. The molecule has 9 heteroatoms. The van der Waals surface area contributed by atoms with Gasteiger partial charge in [0.2, 0.25) is 10.0 Å². The first-order chi connectivity index (χ1) is 13.5. The normalized spacial score (nSPS) is 12.1. The molecule has 1 aromatic heterocycles. The highest BCUT2D eigenvalue weighted by atomic mass is 32.2. The van der Waals surface area contributed by atoms with Crippen LogP contribution >= 0.6 is 23.3 Å². The maximum atomic E-state index is 11.6. The average molecular weight is 449 g/mol. The third kappa shape index (κ3) is 6.20. The molecule has 0 aliphatic heterocycles. The van der Waals surface area contributed by atoms with Gasteiger partial charge in [0, 0.05) is 39.1 Å². The van der Waals surface area contributed by atoms with Crippen LogP contribution in [0.15, 0.2) is 53.6 Å². The molecule has 4 N–H and O–H groups in total. The molecule has 0 unspecified atom stereocenters. The summed E-state index contributed by atoms with van der Waals surface area (Å²) in [5.74, 6) is 0. The van der Waals surface area contributed by atoms with Gasteiger partial charge in [-0.15, -0.1) is 11.3 Å². The van der Waals surface area contributed by atoms with E-state index in [-0.39, 0.29) is 5.54 Å². The molecule has 2 aromatic carbocycles. The van der Waals surface area contributed by atoms with E-state index in [0.717, 1.165) is 32.2 Å². The van der Waals surface area contributed by atoms with Crippen LogP contribution in [-0.4, -0.2) is 25.2 Å². The van der Waals surface area contributed by atoms with Crippen molar-refractivity contribution in [2.75, 3.05) is 16.7 Å². The Labute approximate surface area is 180 Å². The van der Waals surface area contributed by atoms with Crippen molar-refractivity contribution in [1.82, 2.24) is 9.71 Å². The zero-order valence-corrected chi connectivity index (χ0v) is 19.1. The number of nitrogens with zero attached hydrogens (tertiary/aromatic N) is 1. The van der Waals surface area contributed by atoms with E-state index >= 15 is 0 Å². The van der Waals surface area contributed by atoms with E-state index < -0.39 is 10.0 Å². The van der Waals surface area contributed by atoms with Crippen molar-refractivity contribution in [2.45, 2.75) is 31.2 Å². The van der Waals surface area contributed by atoms with Gasteiger partial charge in [0.1, 0.15) is 5.01 Å². The molecule has 0 aliphatic carbocycles. The summed E-state index contributed by atoms with van der Waals surface area (Å²) < 4.78 is 29.2. The molecule has 0 aliphatic rings. The molecular weight excluding hydrogens is 424 g/mol. The first kappa shape index (κ1) is 21.6. The van der Waals surface area contributed by atoms with Crippen LogP contribution in [0.4, 0.5) is 11.4 Å². The summed E-state index contributed by atoms with van der Waals surface area (Å²) in [7, 11) is -3.35. The highest BCUT2D eigenvalue weighted by Crippen LogP contribution is 2.38. The maximum absolute atomic E-state index is 11.6. The van der Waals surface area contributed by atoms with Gasteiger partial charge in [-0.25, -0.2) is 13.4 Å².